The van der Waals surface area contributed by atoms with Crippen LogP contribution in [-0.2, 0) is 4.74 Å². The molecule has 1 atom stereocenters. The summed E-state index contributed by atoms with van der Waals surface area (Å²) in [6.45, 7) is 6.68. The molecule has 0 saturated heterocycles. The number of nitrogens with one attached hydrogen (secondary N) is 1. The quantitative estimate of drug-likeness (QED) is 0.636. The monoisotopic (exact) mass is 213 g/mol. The van der Waals surface area contributed by atoms with Crippen LogP contribution in [0.5, 0.6) is 0 Å². The Hall–Kier alpha value is -0.0800. The highest BCUT2D eigenvalue weighted by atomic mass is 16.5. The summed E-state index contributed by atoms with van der Waals surface area (Å²) >= 11 is 0. The molecule has 0 aromatic carbocycles. The van der Waals surface area contributed by atoms with Crippen molar-refractivity contribution in [3.8, 4) is 0 Å². The second-order valence-electron chi connectivity index (χ2n) is 5.17. The molecule has 1 fully saturated rings. The molecule has 15 heavy (non-hydrogen) atoms. The Kier molecular flexibility index (Phi) is 5.62. The molecule has 0 heterocycles. The zero-order valence-electron chi connectivity index (χ0n) is 10.6. The number of methoxy groups -OCH3 is 1. The van der Waals surface area contributed by atoms with E-state index < -0.39 is 0 Å². The van der Waals surface area contributed by atoms with Crippen LogP contribution >= 0.6 is 0 Å². The Morgan fingerprint density at radius 3 is 2.67 bits per heavy atom. The van der Waals surface area contributed by atoms with Gasteiger partial charge in [-0.2, -0.15) is 0 Å². The van der Waals surface area contributed by atoms with Gasteiger partial charge in [0.05, 0.1) is 0 Å². The van der Waals surface area contributed by atoms with E-state index in [0.29, 0.717) is 11.5 Å². The number of hydrogen-bond acceptors (Lipinski definition) is 2. The van der Waals surface area contributed by atoms with Crippen molar-refractivity contribution in [3.63, 3.8) is 0 Å². The molecule has 1 rings (SSSR count). The lowest BCUT2D eigenvalue weighted by atomic mass is 10.0. The van der Waals surface area contributed by atoms with E-state index in [1.54, 1.807) is 7.11 Å². The number of unbranched alkanes of at least 4 members (excludes halogenated alkanes) is 1. The fourth-order valence-electron chi connectivity index (χ4n) is 2.01. The van der Waals surface area contributed by atoms with E-state index in [-0.39, 0.29) is 0 Å². The maximum Gasteiger partial charge on any atom is 0.0468 e. The SMILES string of the molecule is CCCCC(C)NCC1(CCOC)CC1. The second kappa shape index (κ2) is 6.49. The van der Waals surface area contributed by atoms with Gasteiger partial charge in [-0.3, -0.25) is 0 Å². The zero-order chi connectivity index (χ0) is 11.1. The van der Waals surface area contributed by atoms with Crippen molar-refractivity contribution in [1.82, 2.24) is 5.32 Å². The minimum Gasteiger partial charge on any atom is -0.385 e. The average Bonchev–Trinajstić information content (AvgIpc) is 3.01. The molecule has 0 aromatic heterocycles. The van der Waals surface area contributed by atoms with Crippen molar-refractivity contribution in [2.75, 3.05) is 20.3 Å². The Labute approximate surface area is 94.8 Å². The van der Waals surface area contributed by atoms with Crippen molar-refractivity contribution in [2.24, 2.45) is 5.41 Å². The Morgan fingerprint density at radius 1 is 1.40 bits per heavy atom. The second-order valence-corrected chi connectivity index (χ2v) is 5.17. The van der Waals surface area contributed by atoms with Gasteiger partial charge >= 0.3 is 0 Å². The Bertz CT molecular complexity index is 166. The first-order valence-electron chi connectivity index (χ1n) is 6.45. The third-order valence-electron chi connectivity index (χ3n) is 3.61. The lowest BCUT2D eigenvalue weighted by Crippen LogP contribution is -2.32. The van der Waals surface area contributed by atoms with Gasteiger partial charge in [-0.1, -0.05) is 19.8 Å². The topological polar surface area (TPSA) is 21.3 Å². The van der Waals surface area contributed by atoms with Crippen molar-refractivity contribution < 1.29 is 4.74 Å². The van der Waals surface area contributed by atoms with E-state index in [2.05, 4.69) is 19.2 Å². The average molecular weight is 213 g/mol. The third kappa shape index (κ3) is 4.98. The molecule has 0 aliphatic heterocycles. The van der Waals surface area contributed by atoms with Gasteiger partial charge in [0, 0.05) is 26.3 Å². The van der Waals surface area contributed by atoms with Crippen molar-refractivity contribution >= 4 is 0 Å². The van der Waals surface area contributed by atoms with Gasteiger partial charge in [-0.25, -0.2) is 0 Å². The van der Waals surface area contributed by atoms with Gasteiger partial charge in [0.1, 0.15) is 0 Å². The highest BCUT2D eigenvalue weighted by molar-refractivity contribution is 4.95. The molecule has 0 bridgehead atoms. The molecule has 0 aromatic rings. The van der Waals surface area contributed by atoms with E-state index in [4.69, 9.17) is 4.74 Å². The van der Waals surface area contributed by atoms with E-state index >= 15 is 0 Å². The lowest BCUT2D eigenvalue weighted by molar-refractivity contribution is 0.170. The largest absolute Gasteiger partial charge is 0.385 e. The molecule has 1 saturated carbocycles. The molecular weight excluding hydrogens is 186 g/mol. The smallest absolute Gasteiger partial charge is 0.0468 e. The minimum absolute atomic E-state index is 0.594. The first-order chi connectivity index (χ1) is 7.22. The standard InChI is InChI=1S/C13H27NO/c1-4-5-6-12(2)14-11-13(7-8-13)9-10-15-3/h12,14H,4-11H2,1-3H3. The summed E-state index contributed by atoms with van der Waals surface area (Å²) in [6.07, 6.45) is 7.99. The van der Waals surface area contributed by atoms with Gasteiger partial charge in [-0.05, 0) is 38.0 Å². The molecule has 1 aliphatic rings. The van der Waals surface area contributed by atoms with Crippen LogP contribution < -0.4 is 5.32 Å². The molecule has 2 heteroatoms. The first kappa shape index (κ1) is 13.0. The molecule has 1 unspecified atom stereocenters. The van der Waals surface area contributed by atoms with Crippen LogP contribution in [0.3, 0.4) is 0 Å². The maximum absolute atomic E-state index is 5.16. The summed E-state index contributed by atoms with van der Waals surface area (Å²) in [5.41, 5.74) is 0.594. The predicted molar refractivity (Wildman–Crippen MR) is 65.1 cm³/mol. The van der Waals surface area contributed by atoms with Gasteiger partial charge < -0.3 is 10.1 Å². The zero-order valence-corrected chi connectivity index (χ0v) is 10.6. The number of ether oxygens (including phenoxy) is 1. The van der Waals surface area contributed by atoms with Crippen LogP contribution in [0.1, 0.15) is 52.4 Å². The van der Waals surface area contributed by atoms with Crippen LogP contribution in [0.2, 0.25) is 0 Å². The summed E-state index contributed by atoms with van der Waals surface area (Å²) < 4.78 is 5.16. The van der Waals surface area contributed by atoms with Gasteiger partial charge in [0.2, 0.25) is 0 Å². The maximum atomic E-state index is 5.16. The van der Waals surface area contributed by atoms with Gasteiger partial charge in [0.25, 0.3) is 0 Å². The van der Waals surface area contributed by atoms with Crippen LogP contribution in [0.15, 0.2) is 0 Å². The third-order valence-corrected chi connectivity index (χ3v) is 3.61. The number of hydrogen-bond donors (Lipinski definition) is 1. The predicted octanol–water partition coefficient (Wildman–Crippen LogP) is 2.97. The number of rotatable bonds is 9. The molecule has 0 spiro atoms. The van der Waals surface area contributed by atoms with Crippen molar-refractivity contribution in [1.29, 1.82) is 0 Å². The van der Waals surface area contributed by atoms with Crippen molar-refractivity contribution in [2.45, 2.75) is 58.4 Å². The highest BCUT2D eigenvalue weighted by Gasteiger charge is 2.41. The van der Waals surface area contributed by atoms with Crippen LogP contribution in [0.4, 0.5) is 0 Å². The highest BCUT2D eigenvalue weighted by Crippen LogP contribution is 2.48. The van der Waals surface area contributed by atoms with E-state index in [0.717, 1.165) is 6.61 Å². The first-order valence-corrected chi connectivity index (χ1v) is 6.45. The Morgan fingerprint density at radius 2 is 2.13 bits per heavy atom. The lowest BCUT2D eigenvalue weighted by Gasteiger charge is -2.19. The molecule has 1 N–H and O–H groups in total. The fourth-order valence-corrected chi connectivity index (χ4v) is 2.01. The molecule has 0 radical (unpaired) electrons. The van der Waals surface area contributed by atoms with E-state index in [1.807, 2.05) is 0 Å². The summed E-state index contributed by atoms with van der Waals surface area (Å²) in [5.74, 6) is 0. The van der Waals surface area contributed by atoms with E-state index in [9.17, 15) is 0 Å². The van der Waals surface area contributed by atoms with Gasteiger partial charge in [0.15, 0.2) is 0 Å². The van der Waals surface area contributed by atoms with Crippen molar-refractivity contribution in [3.05, 3.63) is 0 Å². The molecule has 1 aliphatic carbocycles. The molecule has 2 nitrogen and oxygen atoms in total. The summed E-state index contributed by atoms with van der Waals surface area (Å²) in [6, 6.07) is 0.685. The van der Waals surface area contributed by atoms with Crippen LogP contribution in [-0.4, -0.2) is 26.3 Å². The fraction of sp³-hybridized carbons (Fsp3) is 1.00. The minimum atomic E-state index is 0.594. The van der Waals surface area contributed by atoms with E-state index in [1.165, 1.54) is 45.1 Å². The normalized spacial score (nSPS) is 20.2. The Balaban J connectivity index is 2.07. The van der Waals surface area contributed by atoms with Gasteiger partial charge in [-0.15, -0.1) is 0 Å². The molecular formula is C13H27NO. The summed E-state index contributed by atoms with van der Waals surface area (Å²) in [5, 5.41) is 3.67. The molecule has 90 valence electrons. The summed E-state index contributed by atoms with van der Waals surface area (Å²) in [7, 11) is 1.80. The summed E-state index contributed by atoms with van der Waals surface area (Å²) in [4.78, 5) is 0. The van der Waals surface area contributed by atoms with Crippen LogP contribution in [0.25, 0.3) is 0 Å². The van der Waals surface area contributed by atoms with Crippen LogP contribution in [0, 0.1) is 5.41 Å². The molecule has 0 amide bonds.